The molecule has 0 saturated carbocycles. The Hall–Kier alpha value is -1.13. The fourth-order valence-corrected chi connectivity index (χ4v) is 1.44. The van der Waals surface area contributed by atoms with Crippen molar-refractivity contribution in [1.82, 2.24) is 5.32 Å². The number of ketones is 1. The molecule has 1 rings (SSSR count). The Morgan fingerprint density at radius 2 is 2.31 bits per heavy atom. The van der Waals surface area contributed by atoms with Gasteiger partial charge >= 0.3 is 0 Å². The molecule has 0 aliphatic rings. The van der Waals surface area contributed by atoms with Crippen LogP contribution in [0.5, 0.6) is 0 Å². The van der Waals surface area contributed by atoms with Gasteiger partial charge in [0.15, 0.2) is 11.5 Å². The zero-order valence-electron chi connectivity index (χ0n) is 9.77. The fraction of sp³-hybridized carbons (Fsp3) is 0.583. The highest BCUT2D eigenvalue weighted by Gasteiger charge is 2.13. The zero-order chi connectivity index (χ0) is 12.0. The molecule has 0 saturated heterocycles. The van der Waals surface area contributed by atoms with Crippen LogP contribution < -0.4 is 5.32 Å². The van der Waals surface area contributed by atoms with Crippen LogP contribution in [0.2, 0.25) is 0 Å². The number of hydrogen-bond acceptors (Lipinski definition) is 4. The summed E-state index contributed by atoms with van der Waals surface area (Å²) in [4.78, 5) is 11.5. The van der Waals surface area contributed by atoms with Gasteiger partial charge in [-0.15, -0.1) is 0 Å². The highest BCUT2D eigenvalue weighted by Crippen LogP contribution is 2.04. The minimum absolute atomic E-state index is 0.0158. The first kappa shape index (κ1) is 12.9. The van der Waals surface area contributed by atoms with Crippen LogP contribution in [0.4, 0.5) is 0 Å². The van der Waals surface area contributed by atoms with E-state index in [-0.39, 0.29) is 18.4 Å². The first-order chi connectivity index (χ1) is 7.65. The van der Waals surface area contributed by atoms with E-state index in [1.807, 2.05) is 13.8 Å². The molecular weight excluding hydrogens is 206 g/mol. The van der Waals surface area contributed by atoms with Crippen molar-refractivity contribution in [3.63, 3.8) is 0 Å². The van der Waals surface area contributed by atoms with E-state index in [0.29, 0.717) is 24.6 Å². The average molecular weight is 225 g/mol. The fourth-order valence-electron chi connectivity index (χ4n) is 1.44. The first-order valence-electron chi connectivity index (χ1n) is 5.56. The van der Waals surface area contributed by atoms with Gasteiger partial charge in [0.1, 0.15) is 0 Å². The summed E-state index contributed by atoms with van der Waals surface area (Å²) >= 11 is 0. The van der Waals surface area contributed by atoms with Crippen molar-refractivity contribution in [2.75, 3.05) is 13.2 Å². The number of carbonyl (C=O) groups excluding carboxylic acids is 1. The highest BCUT2D eigenvalue weighted by molar-refractivity contribution is 5.93. The molecule has 0 bridgehead atoms. The molecule has 0 fully saturated rings. The van der Waals surface area contributed by atoms with Crippen molar-refractivity contribution in [3.05, 3.63) is 24.2 Å². The van der Waals surface area contributed by atoms with Gasteiger partial charge in [-0.1, -0.05) is 13.8 Å². The molecule has 0 spiro atoms. The third kappa shape index (κ3) is 3.79. The molecule has 4 nitrogen and oxygen atoms in total. The van der Waals surface area contributed by atoms with E-state index in [2.05, 4.69) is 5.32 Å². The Balaban J connectivity index is 2.27. The second kappa shape index (κ2) is 6.45. The van der Waals surface area contributed by atoms with Crippen molar-refractivity contribution in [2.45, 2.75) is 26.3 Å². The third-order valence-electron chi connectivity index (χ3n) is 2.56. The van der Waals surface area contributed by atoms with Crippen molar-refractivity contribution in [3.8, 4) is 0 Å². The molecule has 0 aromatic carbocycles. The van der Waals surface area contributed by atoms with Gasteiger partial charge in [-0.2, -0.15) is 0 Å². The first-order valence-corrected chi connectivity index (χ1v) is 5.56. The SMILES string of the molecule is CC(C)C(CO)NCCC(=O)c1ccco1. The molecule has 1 aromatic rings. The van der Waals surface area contributed by atoms with Crippen LogP contribution in [0.25, 0.3) is 0 Å². The summed E-state index contributed by atoms with van der Waals surface area (Å²) in [6.07, 6.45) is 1.88. The molecular formula is C12H19NO3. The zero-order valence-corrected chi connectivity index (χ0v) is 9.77. The van der Waals surface area contributed by atoms with Crippen LogP contribution in [0.15, 0.2) is 22.8 Å². The van der Waals surface area contributed by atoms with Gasteiger partial charge in [0.05, 0.1) is 12.9 Å². The van der Waals surface area contributed by atoms with Crippen LogP contribution in [-0.2, 0) is 0 Å². The smallest absolute Gasteiger partial charge is 0.199 e. The molecule has 1 unspecified atom stereocenters. The Labute approximate surface area is 95.7 Å². The lowest BCUT2D eigenvalue weighted by Crippen LogP contribution is -2.38. The van der Waals surface area contributed by atoms with Gasteiger partial charge in [-0.3, -0.25) is 4.79 Å². The van der Waals surface area contributed by atoms with Gasteiger partial charge in [0.25, 0.3) is 0 Å². The van der Waals surface area contributed by atoms with E-state index < -0.39 is 0 Å². The molecule has 0 amide bonds. The number of furan rings is 1. The summed E-state index contributed by atoms with van der Waals surface area (Å²) in [6, 6.07) is 3.41. The number of aliphatic hydroxyl groups excluding tert-OH is 1. The number of aliphatic hydroxyl groups is 1. The molecule has 4 heteroatoms. The van der Waals surface area contributed by atoms with Crippen LogP contribution in [-0.4, -0.2) is 30.1 Å². The molecule has 0 aliphatic carbocycles. The maximum absolute atomic E-state index is 11.5. The number of carbonyl (C=O) groups is 1. The summed E-state index contributed by atoms with van der Waals surface area (Å²) in [5, 5.41) is 12.2. The number of Topliss-reactive ketones (excluding diaryl/α,β-unsaturated/α-hetero) is 1. The van der Waals surface area contributed by atoms with Gasteiger partial charge in [0, 0.05) is 19.0 Å². The lowest BCUT2D eigenvalue weighted by atomic mass is 10.1. The molecule has 0 radical (unpaired) electrons. The summed E-state index contributed by atoms with van der Waals surface area (Å²) < 4.78 is 5.00. The van der Waals surface area contributed by atoms with Crippen LogP contribution >= 0.6 is 0 Å². The van der Waals surface area contributed by atoms with Gasteiger partial charge in [-0.05, 0) is 18.1 Å². The summed E-state index contributed by atoms with van der Waals surface area (Å²) in [5.74, 6) is 0.730. The van der Waals surface area contributed by atoms with Gasteiger partial charge in [0.2, 0.25) is 0 Å². The molecule has 0 aliphatic heterocycles. The highest BCUT2D eigenvalue weighted by atomic mass is 16.3. The average Bonchev–Trinajstić information content (AvgIpc) is 2.76. The Morgan fingerprint density at radius 1 is 1.56 bits per heavy atom. The van der Waals surface area contributed by atoms with Crippen molar-refractivity contribution in [1.29, 1.82) is 0 Å². The van der Waals surface area contributed by atoms with Crippen LogP contribution in [0.3, 0.4) is 0 Å². The topological polar surface area (TPSA) is 62.5 Å². The lowest BCUT2D eigenvalue weighted by Gasteiger charge is -2.19. The quantitative estimate of drug-likeness (QED) is 0.690. The molecule has 16 heavy (non-hydrogen) atoms. The van der Waals surface area contributed by atoms with Gasteiger partial charge in [-0.25, -0.2) is 0 Å². The largest absolute Gasteiger partial charge is 0.461 e. The molecule has 2 N–H and O–H groups in total. The van der Waals surface area contributed by atoms with E-state index >= 15 is 0 Å². The van der Waals surface area contributed by atoms with E-state index in [1.165, 1.54) is 6.26 Å². The second-order valence-corrected chi connectivity index (χ2v) is 4.14. The van der Waals surface area contributed by atoms with Crippen LogP contribution in [0, 0.1) is 5.92 Å². The minimum atomic E-state index is -0.0158. The van der Waals surface area contributed by atoms with Gasteiger partial charge < -0.3 is 14.8 Å². The maximum Gasteiger partial charge on any atom is 0.199 e. The normalized spacial score (nSPS) is 13.0. The number of rotatable bonds is 7. The Kier molecular flexibility index (Phi) is 5.22. The van der Waals surface area contributed by atoms with E-state index in [0.717, 1.165) is 0 Å². The van der Waals surface area contributed by atoms with E-state index in [9.17, 15) is 4.79 Å². The predicted molar refractivity (Wildman–Crippen MR) is 61.4 cm³/mol. The van der Waals surface area contributed by atoms with E-state index in [4.69, 9.17) is 9.52 Å². The van der Waals surface area contributed by atoms with Crippen LogP contribution in [0.1, 0.15) is 30.8 Å². The Morgan fingerprint density at radius 3 is 2.81 bits per heavy atom. The molecule has 90 valence electrons. The summed E-state index contributed by atoms with van der Waals surface area (Å²) in [5.41, 5.74) is 0. The Bertz CT molecular complexity index is 306. The van der Waals surface area contributed by atoms with E-state index in [1.54, 1.807) is 12.1 Å². The monoisotopic (exact) mass is 225 g/mol. The molecule has 1 heterocycles. The molecule has 1 aromatic heterocycles. The van der Waals surface area contributed by atoms with Crippen molar-refractivity contribution < 1.29 is 14.3 Å². The molecule has 1 atom stereocenters. The lowest BCUT2D eigenvalue weighted by molar-refractivity contribution is 0.0951. The summed E-state index contributed by atoms with van der Waals surface area (Å²) in [7, 11) is 0. The standard InChI is InChI=1S/C12H19NO3/c1-9(2)10(8-14)13-6-5-11(15)12-4-3-7-16-12/h3-4,7,9-10,13-14H,5-6,8H2,1-2H3. The second-order valence-electron chi connectivity index (χ2n) is 4.14. The number of hydrogen-bond donors (Lipinski definition) is 2. The number of nitrogens with one attached hydrogen (secondary N) is 1. The maximum atomic E-state index is 11.5. The van der Waals surface area contributed by atoms with Crippen molar-refractivity contribution >= 4 is 5.78 Å². The predicted octanol–water partition coefficient (Wildman–Crippen LogP) is 1.46. The van der Waals surface area contributed by atoms with Crippen molar-refractivity contribution in [2.24, 2.45) is 5.92 Å². The minimum Gasteiger partial charge on any atom is -0.461 e. The summed E-state index contributed by atoms with van der Waals surface area (Å²) in [6.45, 7) is 4.71. The third-order valence-corrected chi connectivity index (χ3v) is 2.56.